The fourth-order valence-electron chi connectivity index (χ4n) is 1.77. The van der Waals surface area contributed by atoms with Crippen LogP contribution < -0.4 is 4.90 Å². The molecule has 1 aromatic rings. The summed E-state index contributed by atoms with van der Waals surface area (Å²) in [5.41, 5.74) is 1.86. The van der Waals surface area contributed by atoms with Crippen molar-refractivity contribution in [2.24, 2.45) is 0 Å². The number of hydrogen-bond donors (Lipinski definition) is 0. The molecular formula is C11H12FNO. The predicted octanol–water partition coefficient (Wildman–Crippen LogP) is 1.93. The van der Waals surface area contributed by atoms with Crippen molar-refractivity contribution >= 4 is 11.6 Å². The van der Waals surface area contributed by atoms with E-state index in [9.17, 15) is 9.18 Å². The molecule has 0 bridgehead atoms. The predicted molar refractivity (Wildman–Crippen MR) is 53.1 cm³/mol. The molecule has 0 aliphatic carbocycles. The zero-order chi connectivity index (χ0) is 10.1. The lowest BCUT2D eigenvalue weighted by Crippen LogP contribution is -2.31. The van der Waals surface area contributed by atoms with Gasteiger partial charge >= 0.3 is 0 Å². The van der Waals surface area contributed by atoms with Gasteiger partial charge < -0.3 is 4.90 Å². The molecule has 0 fully saturated rings. The van der Waals surface area contributed by atoms with E-state index in [1.165, 1.54) is 11.8 Å². The Morgan fingerprint density at radius 3 is 2.93 bits per heavy atom. The van der Waals surface area contributed by atoms with Gasteiger partial charge in [0.1, 0.15) is 6.17 Å². The summed E-state index contributed by atoms with van der Waals surface area (Å²) in [5.74, 6) is -0.00398. The molecule has 14 heavy (non-hydrogen) atoms. The van der Waals surface area contributed by atoms with Gasteiger partial charge in [0.05, 0.1) is 13.0 Å². The van der Waals surface area contributed by atoms with Gasteiger partial charge in [-0.15, -0.1) is 0 Å². The quantitative estimate of drug-likeness (QED) is 0.702. The number of benzene rings is 1. The van der Waals surface area contributed by atoms with Gasteiger partial charge in [0, 0.05) is 5.69 Å². The van der Waals surface area contributed by atoms with Gasteiger partial charge in [0.15, 0.2) is 0 Å². The number of para-hydroxylation sites is 1. The molecule has 74 valence electrons. The first kappa shape index (κ1) is 9.19. The molecule has 2 nitrogen and oxygen atoms in total. The second-order valence-corrected chi connectivity index (χ2v) is 3.59. The highest BCUT2D eigenvalue weighted by atomic mass is 19.1. The van der Waals surface area contributed by atoms with Crippen molar-refractivity contribution in [3.8, 4) is 0 Å². The Balaban J connectivity index is 2.30. The van der Waals surface area contributed by atoms with E-state index >= 15 is 0 Å². The number of nitrogens with zero attached hydrogens (tertiary/aromatic N) is 1. The molecule has 0 N–H and O–H groups in total. The van der Waals surface area contributed by atoms with Gasteiger partial charge in [0.25, 0.3) is 0 Å². The average Bonchev–Trinajstić information content (AvgIpc) is 2.43. The smallest absolute Gasteiger partial charge is 0.231 e. The summed E-state index contributed by atoms with van der Waals surface area (Å²) in [6.07, 6.45) is -0.576. The summed E-state index contributed by atoms with van der Waals surface area (Å²) in [7, 11) is 0. The van der Waals surface area contributed by atoms with E-state index in [-0.39, 0.29) is 12.5 Å². The maximum Gasteiger partial charge on any atom is 0.231 e. The van der Waals surface area contributed by atoms with Crippen molar-refractivity contribution in [1.82, 2.24) is 0 Å². The monoisotopic (exact) mass is 193 g/mol. The number of carbonyl (C=O) groups excluding carboxylic acids is 1. The van der Waals surface area contributed by atoms with Crippen LogP contribution in [0.5, 0.6) is 0 Å². The fraction of sp³-hybridized carbons (Fsp3) is 0.364. The van der Waals surface area contributed by atoms with E-state index in [4.69, 9.17) is 0 Å². The van der Waals surface area contributed by atoms with Crippen molar-refractivity contribution in [2.75, 3.05) is 11.4 Å². The van der Waals surface area contributed by atoms with Crippen LogP contribution in [-0.4, -0.2) is 18.6 Å². The molecule has 2 rings (SSSR count). The van der Waals surface area contributed by atoms with E-state index in [1.54, 1.807) is 0 Å². The topological polar surface area (TPSA) is 20.3 Å². The van der Waals surface area contributed by atoms with Gasteiger partial charge in [0.2, 0.25) is 5.91 Å². The number of hydrogen-bond acceptors (Lipinski definition) is 1. The van der Waals surface area contributed by atoms with Crippen molar-refractivity contribution in [3.05, 3.63) is 29.8 Å². The molecular weight excluding hydrogens is 181 g/mol. The van der Waals surface area contributed by atoms with Crippen LogP contribution in [0.1, 0.15) is 12.5 Å². The van der Waals surface area contributed by atoms with Crippen LogP contribution in [-0.2, 0) is 11.2 Å². The third-order valence-electron chi connectivity index (χ3n) is 2.36. The number of halogens is 1. The zero-order valence-corrected chi connectivity index (χ0v) is 8.03. The standard InChI is InChI=1S/C11H12FNO/c1-8(12)7-13-10-5-3-2-4-9(10)6-11(13)14/h2-5,8H,6-7H2,1H3. The van der Waals surface area contributed by atoms with Crippen molar-refractivity contribution in [3.63, 3.8) is 0 Å². The second-order valence-electron chi connectivity index (χ2n) is 3.59. The van der Waals surface area contributed by atoms with Crippen LogP contribution in [0, 0.1) is 0 Å². The number of alkyl halides is 1. The summed E-state index contributed by atoms with van der Waals surface area (Å²) < 4.78 is 12.8. The Hall–Kier alpha value is -1.38. The first-order valence-electron chi connectivity index (χ1n) is 4.71. The normalized spacial score (nSPS) is 17.0. The van der Waals surface area contributed by atoms with E-state index in [0.29, 0.717) is 6.42 Å². The SMILES string of the molecule is CC(F)CN1C(=O)Cc2ccccc21. The third kappa shape index (κ3) is 1.50. The first-order chi connectivity index (χ1) is 6.68. The number of fused-ring (bicyclic) bond motifs is 1. The van der Waals surface area contributed by atoms with E-state index in [0.717, 1.165) is 11.3 Å². The average molecular weight is 193 g/mol. The van der Waals surface area contributed by atoms with Gasteiger partial charge in [-0.3, -0.25) is 4.79 Å². The molecule has 1 amide bonds. The Bertz CT molecular complexity index is 362. The number of amides is 1. The highest BCUT2D eigenvalue weighted by molar-refractivity contribution is 6.01. The molecule has 0 saturated heterocycles. The molecule has 1 atom stereocenters. The lowest BCUT2D eigenvalue weighted by atomic mass is 10.2. The van der Waals surface area contributed by atoms with Gasteiger partial charge in [-0.05, 0) is 18.6 Å². The Labute approximate surface area is 82.3 Å². The molecule has 1 heterocycles. The van der Waals surface area contributed by atoms with Gasteiger partial charge in [-0.1, -0.05) is 18.2 Å². The van der Waals surface area contributed by atoms with Crippen LogP contribution in [0.15, 0.2) is 24.3 Å². The summed E-state index contributed by atoms with van der Waals surface area (Å²) in [6.45, 7) is 1.63. The molecule has 1 aromatic carbocycles. The molecule has 0 radical (unpaired) electrons. The maximum atomic E-state index is 12.8. The van der Waals surface area contributed by atoms with Crippen LogP contribution in [0.3, 0.4) is 0 Å². The highest BCUT2D eigenvalue weighted by Crippen LogP contribution is 2.28. The van der Waals surface area contributed by atoms with Crippen LogP contribution in [0.4, 0.5) is 10.1 Å². The zero-order valence-electron chi connectivity index (χ0n) is 8.03. The Morgan fingerprint density at radius 2 is 2.21 bits per heavy atom. The molecule has 3 heteroatoms. The molecule has 1 unspecified atom stereocenters. The minimum absolute atomic E-state index is 0.00398. The molecule has 0 spiro atoms. The van der Waals surface area contributed by atoms with Crippen LogP contribution in [0.2, 0.25) is 0 Å². The van der Waals surface area contributed by atoms with E-state index in [2.05, 4.69) is 0 Å². The van der Waals surface area contributed by atoms with Gasteiger partial charge in [-0.25, -0.2) is 4.39 Å². The number of rotatable bonds is 2. The molecule has 1 aliphatic heterocycles. The molecule has 0 aromatic heterocycles. The highest BCUT2D eigenvalue weighted by Gasteiger charge is 2.27. The largest absolute Gasteiger partial charge is 0.309 e. The lowest BCUT2D eigenvalue weighted by molar-refractivity contribution is -0.117. The summed E-state index contributed by atoms with van der Waals surface area (Å²) in [5, 5.41) is 0. The lowest BCUT2D eigenvalue weighted by Gasteiger charge is -2.17. The summed E-state index contributed by atoms with van der Waals surface area (Å²) in [6, 6.07) is 7.54. The number of carbonyl (C=O) groups is 1. The summed E-state index contributed by atoms with van der Waals surface area (Å²) >= 11 is 0. The van der Waals surface area contributed by atoms with E-state index < -0.39 is 6.17 Å². The Morgan fingerprint density at radius 1 is 1.50 bits per heavy atom. The number of anilines is 1. The minimum Gasteiger partial charge on any atom is -0.309 e. The van der Waals surface area contributed by atoms with Crippen molar-refractivity contribution < 1.29 is 9.18 Å². The third-order valence-corrected chi connectivity index (χ3v) is 2.36. The Kier molecular flexibility index (Phi) is 2.23. The van der Waals surface area contributed by atoms with E-state index in [1.807, 2.05) is 24.3 Å². The van der Waals surface area contributed by atoms with Crippen LogP contribution in [0.25, 0.3) is 0 Å². The van der Waals surface area contributed by atoms with Crippen molar-refractivity contribution in [2.45, 2.75) is 19.5 Å². The second kappa shape index (κ2) is 3.40. The van der Waals surface area contributed by atoms with Gasteiger partial charge in [-0.2, -0.15) is 0 Å². The minimum atomic E-state index is -0.981. The molecule has 1 aliphatic rings. The summed E-state index contributed by atoms with van der Waals surface area (Å²) in [4.78, 5) is 13.1. The maximum absolute atomic E-state index is 12.8. The molecule has 0 saturated carbocycles. The fourth-order valence-corrected chi connectivity index (χ4v) is 1.77. The first-order valence-corrected chi connectivity index (χ1v) is 4.71. The van der Waals surface area contributed by atoms with Crippen molar-refractivity contribution in [1.29, 1.82) is 0 Å². The van der Waals surface area contributed by atoms with Crippen LogP contribution >= 0.6 is 0 Å².